The van der Waals surface area contributed by atoms with E-state index in [2.05, 4.69) is 10.3 Å². The predicted molar refractivity (Wildman–Crippen MR) is 138 cm³/mol. The van der Waals surface area contributed by atoms with Crippen LogP contribution in [0.5, 0.6) is 5.75 Å². The quantitative estimate of drug-likeness (QED) is 0.407. The first kappa shape index (κ1) is 29.4. The largest absolute Gasteiger partial charge is 0.493 e. The maximum atomic E-state index is 12.0. The van der Waals surface area contributed by atoms with E-state index in [-0.39, 0.29) is 18.9 Å². The molecule has 3 rings (SSSR count). The van der Waals surface area contributed by atoms with E-state index in [1.54, 1.807) is 6.20 Å². The molecule has 2 aromatic carbocycles. The van der Waals surface area contributed by atoms with Crippen LogP contribution in [0.15, 0.2) is 79.0 Å². The Balaban J connectivity index is 0.000000464. The predicted octanol–water partition coefficient (Wildman–Crippen LogP) is 3.68. The van der Waals surface area contributed by atoms with Gasteiger partial charge in [0.2, 0.25) is 5.91 Å². The number of carbonyl (C=O) groups is 1. The lowest BCUT2D eigenvalue weighted by atomic mass is 9.76. The summed E-state index contributed by atoms with van der Waals surface area (Å²) in [4.78, 5) is 15.9. The van der Waals surface area contributed by atoms with Crippen molar-refractivity contribution in [3.8, 4) is 11.8 Å². The number of nitrogens with one attached hydrogen (secondary N) is 1. The Labute approximate surface area is 208 Å². The first-order valence-corrected chi connectivity index (χ1v) is 11.6. The molecule has 7 nitrogen and oxygen atoms in total. The topological polar surface area (TPSA) is 115 Å². The molecule has 3 N–H and O–H groups in total. The number of carbonyl (C=O) groups excluding carboxylic acids is 1. The van der Waals surface area contributed by atoms with Gasteiger partial charge in [-0.1, -0.05) is 62.4 Å². The number of pyridine rings is 1. The SMILES string of the molecule is CC.Cc1cccc(OCCC(=O)NC(Cc2ccccc2)B(O)O)c1.N#CCc1ccccn1. The molecule has 0 radical (unpaired) electrons. The van der Waals surface area contributed by atoms with Gasteiger partial charge in [0, 0.05) is 6.20 Å². The van der Waals surface area contributed by atoms with Crippen LogP contribution >= 0.6 is 0 Å². The number of ether oxygens (including phenoxy) is 1. The van der Waals surface area contributed by atoms with Crippen LogP contribution in [-0.2, 0) is 17.6 Å². The standard InChI is InChI=1S/C18H22BNO4.C7H6N2.C2H6/c1-14-6-5-9-16(12-14)24-11-10-18(21)20-17(19(22)23)13-15-7-3-2-4-8-15;8-5-4-7-3-1-2-6-9-7;1-2/h2-9,12,17,22-23H,10-11,13H2,1H3,(H,20,21);1-3,6H,4H2;1-2H3. The maximum Gasteiger partial charge on any atom is 0.475 e. The Bertz CT molecular complexity index is 1010. The van der Waals surface area contributed by atoms with Crippen molar-refractivity contribution >= 4 is 13.0 Å². The van der Waals surface area contributed by atoms with Crippen molar-refractivity contribution in [2.45, 2.75) is 46.0 Å². The fraction of sp³-hybridized carbons (Fsp3) is 0.296. The summed E-state index contributed by atoms with van der Waals surface area (Å²) in [7, 11) is -1.62. The monoisotopic (exact) mass is 475 g/mol. The maximum absolute atomic E-state index is 12.0. The summed E-state index contributed by atoms with van der Waals surface area (Å²) >= 11 is 0. The minimum Gasteiger partial charge on any atom is -0.493 e. The van der Waals surface area contributed by atoms with Crippen LogP contribution in [0.25, 0.3) is 0 Å². The molecule has 1 amide bonds. The van der Waals surface area contributed by atoms with E-state index in [4.69, 9.17) is 10.00 Å². The van der Waals surface area contributed by atoms with Gasteiger partial charge in [-0.2, -0.15) is 5.26 Å². The number of benzene rings is 2. The lowest BCUT2D eigenvalue weighted by Gasteiger charge is -2.18. The summed E-state index contributed by atoms with van der Waals surface area (Å²) in [5, 5.41) is 29.8. The number of hydrogen-bond acceptors (Lipinski definition) is 6. The molecule has 1 atom stereocenters. The van der Waals surface area contributed by atoms with Gasteiger partial charge in [0.05, 0.1) is 37.2 Å². The number of nitrogens with zero attached hydrogens (tertiary/aromatic N) is 2. The second-order valence-electron chi connectivity index (χ2n) is 7.35. The molecule has 3 aromatic rings. The summed E-state index contributed by atoms with van der Waals surface area (Å²) < 4.78 is 5.53. The van der Waals surface area contributed by atoms with E-state index in [9.17, 15) is 14.8 Å². The number of hydrogen-bond donors (Lipinski definition) is 3. The van der Waals surface area contributed by atoms with Gasteiger partial charge < -0.3 is 20.1 Å². The highest BCUT2D eigenvalue weighted by Gasteiger charge is 2.25. The molecule has 1 unspecified atom stereocenters. The van der Waals surface area contributed by atoms with Crippen LogP contribution in [0.4, 0.5) is 0 Å². The van der Waals surface area contributed by atoms with E-state index in [0.717, 1.165) is 16.8 Å². The van der Waals surface area contributed by atoms with Crippen molar-refractivity contribution in [2.24, 2.45) is 0 Å². The Morgan fingerprint density at radius 2 is 1.80 bits per heavy atom. The van der Waals surface area contributed by atoms with Gasteiger partial charge in [-0.15, -0.1) is 0 Å². The van der Waals surface area contributed by atoms with Crippen molar-refractivity contribution in [1.82, 2.24) is 10.3 Å². The lowest BCUT2D eigenvalue weighted by Crippen LogP contribution is -2.48. The number of amides is 1. The van der Waals surface area contributed by atoms with Gasteiger partial charge in [-0.05, 0) is 48.7 Å². The number of aromatic nitrogens is 1. The Morgan fingerprint density at radius 1 is 1.09 bits per heavy atom. The molecular weight excluding hydrogens is 441 g/mol. The van der Waals surface area contributed by atoms with E-state index >= 15 is 0 Å². The molecular formula is C27H34BN3O4. The second-order valence-corrected chi connectivity index (χ2v) is 7.35. The summed E-state index contributed by atoms with van der Waals surface area (Å²) in [5.41, 5.74) is 2.84. The minimum atomic E-state index is -1.62. The lowest BCUT2D eigenvalue weighted by molar-refractivity contribution is -0.122. The van der Waals surface area contributed by atoms with Crippen LogP contribution in [0, 0.1) is 18.3 Å². The molecule has 0 saturated heterocycles. The van der Waals surface area contributed by atoms with Crippen molar-refractivity contribution in [3.63, 3.8) is 0 Å². The minimum absolute atomic E-state index is 0.145. The van der Waals surface area contributed by atoms with E-state index in [1.807, 2.05) is 99.6 Å². The molecule has 0 aliphatic rings. The number of nitriles is 1. The molecule has 1 aromatic heterocycles. The molecule has 0 bridgehead atoms. The smallest absolute Gasteiger partial charge is 0.475 e. The Morgan fingerprint density at radius 3 is 2.40 bits per heavy atom. The average Bonchev–Trinajstić information content (AvgIpc) is 2.87. The molecule has 0 aliphatic heterocycles. The van der Waals surface area contributed by atoms with Crippen molar-refractivity contribution < 1.29 is 19.6 Å². The van der Waals surface area contributed by atoms with Gasteiger partial charge >= 0.3 is 7.12 Å². The highest BCUT2D eigenvalue weighted by atomic mass is 16.5. The Hall–Kier alpha value is -3.67. The van der Waals surface area contributed by atoms with Crippen LogP contribution < -0.4 is 10.1 Å². The average molecular weight is 475 g/mol. The van der Waals surface area contributed by atoms with Gasteiger partial charge in [-0.25, -0.2) is 0 Å². The highest BCUT2D eigenvalue weighted by molar-refractivity contribution is 6.43. The third kappa shape index (κ3) is 13.0. The molecule has 184 valence electrons. The van der Waals surface area contributed by atoms with Crippen LogP contribution in [0.1, 0.15) is 37.1 Å². The van der Waals surface area contributed by atoms with Gasteiger partial charge in [0.25, 0.3) is 0 Å². The van der Waals surface area contributed by atoms with Gasteiger partial charge in [-0.3, -0.25) is 9.78 Å². The first-order valence-electron chi connectivity index (χ1n) is 11.6. The van der Waals surface area contributed by atoms with Crippen molar-refractivity contribution in [2.75, 3.05) is 6.61 Å². The fourth-order valence-electron chi connectivity index (χ4n) is 2.93. The van der Waals surface area contributed by atoms with E-state index < -0.39 is 13.1 Å². The third-order valence-corrected chi connectivity index (χ3v) is 4.58. The molecule has 0 spiro atoms. The van der Waals surface area contributed by atoms with E-state index in [0.29, 0.717) is 18.6 Å². The van der Waals surface area contributed by atoms with E-state index in [1.165, 1.54) is 0 Å². The third-order valence-electron chi connectivity index (χ3n) is 4.58. The highest BCUT2D eigenvalue weighted by Crippen LogP contribution is 2.12. The molecule has 0 aliphatic carbocycles. The molecule has 8 heteroatoms. The van der Waals surface area contributed by atoms with Gasteiger partial charge in [0.1, 0.15) is 5.75 Å². The fourth-order valence-corrected chi connectivity index (χ4v) is 2.93. The van der Waals surface area contributed by atoms with Crippen LogP contribution in [-0.4, -0.2) is 40.6 Å². The summed E-state index contributed by atoms with van der Waals surface area (Å²) in [5.74, 6) is -0.318. The van der Waals surface area contributed by atoms with Gasteiger partial charge in [0.15, 0.2) is 0 Å². The zero-order chi connectivity index (χ0) is 25.9. The number of aryl methyl sites for hydroxylation is 1. The summed E-state index contributed by atoms with van der Waals surface area (Å²) in [6.45, 7) is 6.20. The summed E-state index contributed by atoms with van der Waals surface area (Å²) in [6.07, 6.45) is 2.59. The van der Waals surface area contributed by atoms with Crippen LogP contribution in [0.2, 0.25) is 0 Å². The first-order chi connectivity index (χ1) is 17.0. The van der Waals surface area contributed by atoms with Crippen molar-refractivity contribution in [3.05, 3.63) is 95.8 Å². The Kier molecular flexibility index (Phi) is 14.9. The second kappa shape index (κ2) is 17.8. The van der Waals surface area contributed by atoms with Crippen molar-refractivity contribution in [1.29, 1.82) is 5.26 Å². The summed E-state index contributed by atoms with van der Waals surface area (Å²) in [6, 6.07) is 24.5. The normalized spacial score (nSPS) is 10.3. The zero-order valence-electron chi connectivity index (χ0n) is 20.6. The zero-order valence-corrected chi connectivity index (χ0v) is 20.6. The van der Waals surface area contributed by atoms with Crippen LogP contribution in [0.3, 0.4) is 0 Å². The molecule has 1 heterocycles. The molecule has 35 heavy (non-hydrogen) atoms. The molecule has 0 saturated carbocycles. The number of rotatable bonds is 9. The molecule has 0 fully saturated rings.